The van der Waals surface area contributed by atoms with Crippen LogP contribution in [0, 0.1) is 0 Å². The molecular formula is C16H22N2O. The van der Waals surface area contributed by atoms with Gasteiger partial charge < -0.3 is 11.1 Å². The smallest absolute Gasteiger partial charge is 0.220 e. The average molecular weight is 258 g/mol. The quantitative estimate of drug-likeness (QED) is 0.819. The first-order valence-corrected chi connectivity index (χ1v) is 7.29. The molecule has 2 aliphatic rings. The number of hydrogen-bond acceptors (Lipinski definition) is 2. The molecule has 3 rings (SSSR count). The first-order valence-electron chi connectivity index (χ1n) is 7.29. The van der Waals surface area contributed by atoms with Gasteiger partial charge in [0.2, 0.25) is 5.91 Å². The second kappa shape index (κ2) is 4.97. The van der Waals surface area contributed by atoms with Crippen LogP contribution in [0.25, 0.3) is 0 Å². The molecule has 0 aromatic heterocycles. The van der Waals surface area contributed by atoms with Crippen molar-refractivity contribution in [3.8, 4) is 0 Å². The van der Waals surface area contributed by atoms with Gasteiger partial charge in [0.05, 0.1) is 0 Å². The average Bonchev–Trinajstić information content (AvgIpc) is 3.28. The van der Waals surface area contributed by atoms with Crippen LogP contribution in [0.1, 0.15) is 43.2 Å². The zero-order valence-corrected chi connectivity index (χ0v) is 11.3. The highest BCUT2D eigenvalue weighted by molar-refractivity contribution is 5.76. The molecule has 1 aromatic rings. The third-order valence-electron chi connectivity index (χ3n) is 4.02. The number of benzene rings is 1. The van der Waals surface area contributed by atoms with Gasteiger partial charge in [0, 0.05) is 18.0 Å². The summed E-state index contributed by atoms with van der Waals surface area (Å²) < 4.78 is 0. The van der Waals surface area contributed by atoms with Gasteiger partial charge in [0.15, 0.2) is 0 Å². The lowest BCUT2D eigenvalue weighted by atomic mass is 10.0. The number of amides is 1. The van der Waals surface area contributed by atoms with Gasteiger partial charge in [-0.25, -0.2) is 0 Å². The first-order chi connectivity index (χ1) is 9.13. The van der Waals surface area contributed by atoms with E-state index in [4.69, 9.17) is 5.73 Å². The van der Waals surface area contributed by atoms with Crippen molar-refractivity contribution in [3.63, 3.8) is 0 Å². The van der Waals surface area contributed by atoms with E-state index in [1.54, 1.807) is 0 Å². The number of carbonyl (C=O) groups excluding carboxylic acids is 1. The summed E-state index contributed by atoms with van der Waals surface area (Å²) in [6.45, 7) is 0. The number of aryl methyl sites for hydroxylation is 1. The van der Waals surface area contributed by atoms with E-state index in [1.807, 2.05) is 0 Å². The Kier molecular flexibility index (Phi) is 3.31. The molecule has 3 nitrogen and oxygen atoms in total. The van der Waals surface area contributed by atoms with E-state index < -0.39 is 0 Å². The molecule has 102 valence electrons. The minimum absolute atomic E-state index is 0.0575. The van der Waals surface area contributed by atoms with E-state index in [2.05, 4.69) is 29.6 Å². The molecule has 0 atom stereocenters. The molecule has 0 saturated heterocycles. The highest BCUT2D eigenvalue weighted by Gasteiger charge is 2.37. The number of rotatable bonds is 6. The third-order valence-corrected chi connectivity index (χ3v) is 4.02. The van der Waals surface area contributed by atoms with Gasteiger partial charge in [-0.15, -0.1) is 0 Å². The molecule has 19 heavy (non-hydrogen) atoms. The Balaban J connectivity index is 1.51. The zero-order valence-electron chi connectivity index (χ0n) is 11.3. The van der Waals surface area contributed by atoms with Crippen LogP contribution in [-0.2, 0) is 17.6 Å². The molecule has 2 saturated carbocycles. The monoisotopic (exact) mass is 258 g/mol. The van der Waals surface area contributed by atoms with E-state index >= 15 is 0 Å². The molecule has 0 unspecified atom stereocenters. The fraction of sp³-hybridized carbons (Fsp3) is 0.562. The topological polar surface area (TPSA) is 55.1 Å². The maximum absolute atomic E-state index is 11.7. The highest BCUT2D eigenvalue weighted by atomic mass is 16.1. The molecule has 1 amide bonds. The van der Waals surface area contributed by atoms with E-state index in [1.165, 1.54) is 11.1 Å². The van der Waals surface area contributed by atoms with Crippen LogP contribution in [0.3, 0.4) is 0 Å². The van der Waals surface area contributed by atoms with Gasteiger partial charge in [-0.05, 0) is 49.7 Å². The van der Waals surface area contributed by atoms with E-state index in [0.29, 0.717) is 12.5 Å². The molecule has 2 aliphatic carbocycles. The van der Waals surface area contributed by atoms with Gasteiger partial charge >= 0.3 is 0 Å². The molecule has 0 heterocycles. The maximum Gasteiger partial charge on any atom is 0.220 e. The minimum atomic E-state index is 0.0575. The predicted octanol–water partition coefficient (Wildman–Crippen LogP) is 1.93. The molecular weight excluding hydrogens is 236 g/mol. The molecule has 3 N–H and O–H groups in total. The lowest BCUT2D eigenvalue weighted by Crippen LogP contribution is -2.25. The molecule has 0 aliphatic heterocycles. The van der Waals surface area contributed by atoms with Crippen molar-refractivity contribution >= 4 is 5.91 Å². The van der Waals surface area contributed by atoms with Gasteiger partial charge in [0.25, 0.3) is 0 Å². The lowest BCUT2D eigenvalue weighted by Gasteiger charge is -2.10. The Labute approximate surface area is 114 Å². The van der Waals surface area contributed by atoms with Crippen molar-refractivity contribution in [2.75, 3.05) is 0 Å². The summed E-state index contributed by atoms with van der Waals surface area (Å²) in [4.78, 5) is 11.7. The molecule has 0 spiro atoms. The van der Waals surface area contributed by atoms with Crippen molar-refractivity contribution in [3.05, 3.63) is 35.4 Å². The number of carbonyl (C=O) groups is 1. The summed E-state index contributed by atoms with van der Waals surface area (Å²) in [7, 11) is 0. The summed E-state index contributed by atoms with van der Waals surface area (Å²) in [6, 6.07) is 8.99. The Morgan fingerprint density at radius 1 is 1.32 bits per heavy atom. The Morgan fingerprint density at radius 2 is 2.05 bits per heavy atom. The number of nitrogens with one attached hydrogen (secondary N) is 1. The fourth-order valence-electron chi connectivity index (χ4n) is 2.42. The van der Waals surface area contributed by atoms with E-state index in [9.17, 15) is 4.79 Å². The second-order valence-electron chi connectivity index (χ2n) is 6.20. The van der Waals surface area contributed by atoms with Crippen molar-refractivity contribution in [2.24, 2.45) is 5.73 Å². The van der Waals surface area contributed by atoms with Crippen LogP contribution >= 0.6 is 0 Å². The summed E-state index contributed by atoms with van der Waals surface area (Å²) in [5, 5.41) is 3.03. The highest BCUT2D eigenvalue weighted by Crippen LogP contribution is 2.35. The lowest BCUT2D eigenvalue weighted by molar-refractivity contribution is -0.121. The normalized spacial score (nSPS) is 20.1. The predicted molar refractivity (Wildman–Crippen MR) is 75.8 cm³/mol. The van der Waals surface area contributed by atoms with Gasteiger partial charge in [-0.1, -0.05) is 24.3 Å². The molecule has 2 fully saturated rings. The first kappa shape index (κ1) is 12.7. The maximum atomic E-state index is 11.7. The Bertz CT molecular complexity index is 475. The molecule has 0 radical (unpaired) electrons. The Hall–Kier alpha value is -1.35. The van der Waals surface area contributed by atoms with E-state index in [-0.39, 0.29) is 11.4 Å². The summed E-state index contributed by atoms with van der Waals surface area (Å²) in [5.74, 6) is 0.186. The van der Waals surface area contributed by atoms with Crippen molar-refractivity contribution in [1.29, 1.82) is 0 Å². The third kappa shape index (κ3) is 3.80. The second-order valence-corrected chi connectivity index (χ2v) is 6.20. The van der Waals surface area contributed by atoms with Crippen LogP contribution in [0.5, 0.6) is 0 Å². The zero-order chi connectivity index (χ0) is 13.3. The SMILES string of the molecule is NC1(Cc2cccc(CCC(=O)NC3CC3)c2)CC1. The molecule has 0 bridgehead atoms. The van der Waals surface area contributed by atoms with Crippen molar-refractivity contribution in [2.45, 2.75) is 56.5 Å². The fourth-order valence-corrected chi connectivity index (χ4v) is 2.42. The van der Waals surface area contributed by atoms with Crippen LogP contribution < -0.4 is 11.1 Å². The summed E-state index contributed by atoms with van der Waals surface area (Å²) in [5.41, 5.74) is 8.75. The standard InChI is InChI=1S/C16H22N2O/c17-16(8-9-16)11-13-3-1-2-12(10-13)4-7-15(19)18-14-5-6-14/h1-3,10,14H,4-9,11,17H2,(H,18,19). The van der Waals surface area contributed by atoms with Gasteiger partial charge in [-0.2, -0.15) is 0 Å². The van der Waals surface area contributed by atoms with Crippen molar-refractivity contribution < 1.29 is 4.79 Å². The van der Waals surface area contributed by atoms with Crippen LogP contribution in [0.2, 0.25) is 0 Å². The van der Waals surface area contributed by atoms with Crippen LogP contribution in [0.4, 0.5) is 0 Å². The van der Waals surface area contributed by atoms with Crippen LogP contribution in [-0.4, -0.2) is 17.5 Å². The largest absolute Gasteiger partial charge is 0.353 e. The minimum Gasteiger partial charge on any atom is -0.353 e. The van der Waals surface area contributed by atoms with E-state index in [0.717, 1.165) is 38.5 Å². The summed E-state index contributed by atoms with van der Waals surface area (Å²) >= 11 is 0. The number of nitrogens with two attached hydrogens (primary N) is 1. The van der Waals surface area contributed by atoms with Crippen LogP contribution in [0.15, 0.2) is 24.3 Å². The van der Waals surface area contributed by atoms with Gasteiger partial charge in [-0.3, -0.25) is 4.79 Å². The van der Waals surface area contributed by atoms with Gasteiger partial charge in [0.1, 0.15) is 0 Å². The molecule has 3 heteroatoms. The Morgan fingerprint density at radius 3 is 2.74 bits per heavy atom. The summed E-state index contributed by atoms with van der Waals surface area (Å²) in [6.07, 6.45) is 6.97. The van der Waals surface area contributed by atoms with Crippen molar-refractivity contribution in [1.82, 2.24) is 5.32 Å². The number of hydrogen-bond donors (Lipinski definition) is 2. The molecule has 1 aromatic carbocycles.